The minimum absolute atomic E-state index is 0. The van der Waals surface area contributed by atoms with Gasteiger partial charge in [0.1, 0.15) is 0 Å². The quantitative estimate of drug-likeness (QED) is 0.695. The molecule has 0 amide bonds. The summed E-state index contributed by atoms with van der Waals surface area (Å²) in [5, 5.41) is 0. The Hall–Kier alpha value is 0.400. The van der Waals surface area contributed by atoms with E-state index in [0.717, 1.165) is 19.8 Å². The van der Waals surface area contributed by atoms with Gasteiger partial charge in [-0.25, -0.2) is 0 Å². The van der Waals surface area contributed by atoms with Crippen molar-refractivity contribution in [2.75, 3.05) is 32.8 Å². The summed E-state index contributed by atoms with van der Waals surface area (Å²) in [7, 11) is 0. The highest BCUT2D eigenvalue weighted by molar-refractivity contribution is 8.93. The molecule has 1 saturated heterocycles. The standard InChI is InChI=1S/C9H19NO.BrH/c1-2-11-9-8-10-6-4-3-5-7-10;/h2-9H2,1H3;1H. The smallest absolute Gasteiger partial charge is 0.0593 e. The SMILES string of the molecule is Br.CCOCCN1CCCCC1. The summed E-state index contributed by atoms with van der Waals surface area (Å²) in [6, 6.07) is 0. The first-order valence-electron chi connectivity index (χ1n) is 4.73. The van der Waals surface area contributed by atoms with E-state index < -0.39 is 0 Å². The van der Waals surface area contributed by atoms with Gasteiger partial charge in [0.2, 0.25) is 0 Å². The molecule has 0 atom stereocenters. The summed E-state index contributed by atoms with van der Waals surface area (Å²) in [5.74, 6) is 0. The van der Waals surface area contributed by atoms with Crippen LogP contribution in [0.2, 0.25) is 0 Å². The number of hydrogen-bond acceptors (Lipinski definition) is 2. The Balaban J connectivity index is 0.00000121. The van der Waals surface area contributed by atoms with E-state index in [1.165, 1.54) is 32.4 Å². The number of nitrogens with zero attached hydrogens (tertiary/aromatic N) is 1. The molecular weight excluding hydrogens is 218 g/mol. The monoisotopic (exact) mass is 237 g/mol. The predicted molar refractivity (Wildman–Crippen MR) is 57.1 cm³/mol. The van der Waals surface area contributed by atoms with E-state index in [1.54, 1.807) is 0 Å². The zero-order chi connectivity index (χ0) is 7.94. The Kier molecular flexibility index (Phi) is 8.29. The molecule has 0 unspecified atom stereocenters. The maximum absolute atomic E-state index is 5.29. The molecule has 1 rings (SSSR count). The molecule has 74 valence electrons. The average Bonchev–Trinajstić information content (AvgIpc) is 2.07. The highest BCUT2D eigenvalue weighted by atomic mass is 79.9. The van der Waals surface area contributed by atoms with Crippen LogP contribution in [0.5, 0.6) is 0 Å². The molecule has 0 bridgehead atoms. The minimum Gasteiger partial charge on any atom is -0.380 e. The summed E-state index contributed by atoms with van der Waals surface area (Å²) in [4.78, 5) is 2.50. The third-order valence-electron chi connectivity index (χ3n) is 2.20. The summed E-state index contributed by atoms with van der Waals surface area (Å²) >= 11 is 0. The van der Waals surface area contributed by atoms with Gasteiger partial charge in [-0.1, -0.05) is 6.42 Å². The lowest BCUT2D eigenvalue weighted by Gasteiger charge is -2.25. The molecule has 0 saturated carbocycles. The minimum atomic E-state index is 0. The van der Waals surface area contributed by atoms with Crippen molar-refractivity contribution in [3.05, 3.63) is 0 Å². The highest BCUT2D eigenvalue weighted by Gasteiger charge is 2.08. The number of likely N-dealkylation sites (tertiary alicyclic amines) is 1. The van der Waals surface area contributed by atoms with E-state index in [9.17, 15) is 0 Å². The van der Waals surface area contributed by atoms with Gasteiger partial charge in [0.25, 0.3) is 0 Å². The topological polar surface area (TPSA) is 12.5 Å². The molecule has 0 aromatic rings. The highest BCUT2D eigenvalue weighted by Crippen LogP contribution is 2.07. The summed E-state index contributed by atoms with van der Waals surface area (Å²) in [6.45, 7) is 7.52. The third-order valence-corrected chi connectivity index (χ3v) is 2.20. The number of hydrogen-bond donors (Lipinski definition) is 0. The van der Waals surface area contributed by atoms with E-state index in [2.05, 4.69) is 11.8 Å². The Morgan fingerprint density at radius 1 is 1.17 bits per heavy atom. The van der Waals surface area contributed by atoms with Gasteiger partial charge >= 0.3 is 0 Å². The second-order valence-corrected chi connectivity index (χ2v) is 3.10. The van der Waals surface area contributed by atoms with Gasteiger partial charge in [-0.3, -0.25) is 0 Å². The van der Waals surface area contributed by atoms with Crippen LogP contribution in [-0.4, -0.2) is 37.7 Å². The van der Waals surface area contributed by atoms with Crippen molar-refractivity contribution in [1.29, 1.82) is 0 Å². The van der Waals surface area contributed by atoms with Gasteiger partial charge in [0.05, 0.1) is 6.61 Å². The average molecular weight is 238 g/mol. The molecule has 0 aromatic carbocycles. The fraction of sp³-hybridized carbons (Fsp3) is 1.00. The Bertz CT molecular complexity index is 94.5. The second kappa shape index (κ2) is 8.02. The van der Waals surface area contributed by atoms with Gasteiger partial charge < -0.3 is 9.64 Å². The maximum atomic E-state index is 5.29. The molecular formula is C9H20BrNO. The van der Waals surface area contributed by atoms with Crippen molar-refractivity contribution in [1.82, 2.24) is 4.90 Å². The van der Waals surface area contributed by atoms with Crippen LogP contribution < -0.4 is 0 Å². The van der Waals surface area contributed by atoms with Gasteiger partial charge in [-0.15, -0.1) is 17.0 Å². The van der Waals surface area contributed by atoms with Gasteiger partial charge in [0.15, 0.2) is 0 Å². The molecule has 0 N–H and O–H groups in total. The number of halogens is 1. The van der Waals surface area contributed by atoms with Crippen molar-refractivity contribution in [3.63, 3.8) is 0 Å². The maximum Gasteiger partial charge on any atom is 0.0593 e. The van der Waals surface area contributed by atoms with E-state index in [1.807, 2.05) is 0 Å². The summed E-state index contributed by atoms with van der Waals surface area (Å²) in [6.07, 6.45) is 4.18. The van der Waals surface area contributed by atoms with E-state index in [-0.39, 0.29) is 17.0 Å². The van der Waals surface area contributed by atoms with Crippen molar-refractivity contribution < 1.29 is 4.74 Å². The second-order valence-electron chi connectivity index (χ2n) is 3.10. The first-order valence-corrected chi connectivity index (χ1v) is 4.73. The predicted octanol–water partition coefficient (Wildman–Crippen LogP) is 2.09. The van der Waals surface area contributed by atoms with Gasteiger partial charge in [-0.2, -0.15) is 0 Å². The molecule has 1 heterocycles. The van der Waals surface area contributed by atoms with Crippen LogP contribution >= 0.6 is 17.0 Å². The summed E-state index contributed by atoms with van der Waals surface area (Å²) in [5.41, 5.74) is 0. The van der Waals surface area contributed by atoms with E-state index >= 15 is 0 Å². The Morgan fingerprint density at radius 2 is 1.83 bits per heavy atom. The molecule has 0 radical (unpaired) electrons. The van der Waals surface area contributed by atoms with Crippen LogP contribution in [0.3, 0.4) is 0 Å². The Morgan fingerprint density at radius 3 is 2.42 bits per heavy atom. The largest absolute Gasteiger partial charge is 0.380 e. The lowest BCUT2D eigenvalue weighted by atomic mass is 10.1. The number of rotatable bonds is 4. The first-order chi connectivity index (χ1) is 5.43. The van der Waals surface area contributed by atoms with Gasteiger partial charge in [0, 0.05) is 13.2 Å². The first kappa shape index (κ1) is 12.4. The molecule has 1 aliphatic heterocycles. The van der Waals surface area contributed by atoms with Crippen molar-refractivity contribution >= 4 is 17.0 Å². The molecule has 0 aliphatic carbocycles. The van der Waals surface area contributed by atoms with Crippen molar-refractivity contribution in [2.45, 2.75) is 26.2 Å². The van der Waals surface area contributed by atoms with Gasteiger partial charge in [-0.05, 0) is 32.9 Å². The van der Waals surface area contributed by atoms with Crippen LogP contribution in [0.25, 0.3) is 0 Å². The Labute approximate surface area is 86.0 Å². The zero-order valence-electron chi connectivity index (χ0n) is 7.92. The zero-order valence-corrected chi connectivity index (χ0v) is 9.63. The molecule has 12 heavy (non-hydrogen) atoms. The van der Waals surface area contributed by atoms with Crippen molar-refractivity contribution in [2.24, 2.45) is 0 Å². The van der Waals surface area contributed by atoms with Crippen LogP contribution in [0.15, 0.2) is 0 Å². The third kappa shape index (κ3) is 5.12. The molecule has 0 spiro atoms. The lowest BCUT2D eigenvalue weighted by Crippen LogP contribution is -2.32. The summed E-state index contributed by atoms with van der Waals surface area (Å²) < 4.78 is 5.29. The normalized spacial score (nSPS) is 18.8. The van der Waals surface area contributed by atoms with E-state index in [0.29, 0.717) is 0 Å². The number of ether oxygens (including phenoxy) is 1. The van der Waals surface area contributed by atoms with Crippen molar-refractivity contribution in [3.8, 4) is 0 Å². The fourth-order valence-corrected chi connectivity index (χ4v) is 1.52. The molecule has 1 aliphatic rings. The molecule has 3 heteroatoms. The van der Waals surface area contributed by atoms with Crippen LogP contribution in [0.4, 0.5) is 0 Å². The van der Waals surface area contributed by atoms with Crippen LogP contribution in [-0.2, 0) is 4.74 Å². The lowest BCUT2D eigenvalue weighted by molar-refractivity contribution is 0.105. The molecule has 2 nitrogen and oxygen atoms in total. The van der Waals surface area contributed by atoms with E-state index in [4.69, 9.17) is 4.74 Å². The molecule has 0 aromatic heterocycles. The molecule has 1 fully saturated rings. The van der Waals surface area contributed by atoms with Crippen LogP contribution in [0.1, 0.15) is 26.2 Å². The van der Waals surface area contributed by atoms with Crippen LogP contribution in [0, 0.1) is 0 Å². The number of piperidine rings is 1. The fourth-order valence-electron chi connectivity index (χ4n) is 1.52.